The second kappa shape index (κ2) is 31.8. The quantitative estimate of drug-likeness (QED) is 0.0973. The van der Waals surface area contributed by atoms with Crippen molar-refractivity contribution in [1.82, 2.24) is 20.0 Å². The first-order valence-electron chi connectivity index (χ1n) is 32.2. The molecule has 11 heteroatoms. The number of aliphatic hydroxyl groups excluding tert-OH is 1. The zero-order chi connectivity index (χ0) is 62.1. The molecule has 0 aromatic heterocycles. The first-order valence-corrected chi connectivity index (χ1v) is 32.2. The van der Waals surface area contributed by atoms with Crippen LogP contribution in [0.3, 0.4) is 0 Å². The minimum atomic E-state index is -0.676. The number of rotatable bonds is 21. The Morgan fingerprint density at radius 1 is 0.463 bits per heavy atom. The zero-order valence-corrected chi connectivity index (χ0v) is 57.4. The van der Waals surface area contributed by atoms with Gasteiger partial charge >= 0.3 is 0 Å². The largest absolute Gasteiger partial charge is 0.389 e. The third-order valence-electron chi connectivity index (χ3n) is 16.8. The van der Waals surface area contributed by atoms with Crippen molar-refractivity contribution in [2.24, 2.45) is 67.0 Å². The Hall–Kier alpha value is -2.24. The lowest BCUT2D eigenvalue weighted by Gasteiger charge is -2.47. The lowest BCUT2D eigenvalue weighted by atomic mass is 9.75. The molecule has 472 valence electrons. The molecule has 0 bridgehead atoms. The number of unbranched alkanes of at least 4 members (excludes halogenated alkanes) is 4. The Labute approximate surface area is 495 Å². The summed E-state index contributed by atoms with van der Waals surface area (Å²) in [5.41, 5.74) is 0.983. The van der Waals surface area contributed by atoms with Gasteiger partial charge in [0.2, 0.25) is 23.6 Å². The summed E-state index contributed by atoms with van der Waals surface area (Å²) < 4.78 is 5.12. The van der Waals surface area contributed by atoms with E-state index in [1.165, 1.54) is 64.2 Å². The first-order chi connectivity index (χ1) is 36.0. The number of carbonyl (C=O) groups is 4. The summed E-state index contributed by atoms with van der Waals surface area (Å²) in [7, 11) is 0. The minimum absolute atomic E-state index is 0.000637. The highest BCUT2D eigenvalue weighted by Gasteiger charge is 2.44. The van der Waals surface area contributed by atoms with Crippen LogP contribution < -0.4 is 5.32 Å². The second-order valence-corrected chi connectivity index (χ2v) is 34.9. The van der Waals surface area contributed by atoms with Gasteiger partial charge in [0, 0.05) is 49.9 Å². The molecule has 4 heterocycles. The molecule has 3 N–H and O–H groups in total. The number of carbonyl (C=O) groups excluding carboxylic acids is 4. The van der Waals surface area contributed by atoms with Crippen molar-refractivity contribution in [1.29, 1.82) is 0 Å². The number of hydrogen-bond acceptors (Lipinski definition) is 7. The molecule has 4 aliphatic heterocycles. The summed E-state index contributed by atoms with van der Waals surface area (Å²) in [6, 6.07) is 0.238. The number of amides is 4. The van der Waals surface area contributed by atoms with Crippen LogP contribution in [0.5, 0.6) is 0 Å². The molecule has 0 aromatic rings. The van der Waals surface area contributed by atoms with Gasteiger partial charge in [-0.15, -0.1) is 0 Å². The average Bonchev–Trinajstić information content (AvgIpc) is 3.18. The van der Waals surface area contributed by atoms with Crippen LogP contribution in [0.25, 0.3) is 0 Å². The van der Waals surface area contributed by atoms with Gasteiger partial charge in [0.25, 0.3) is 0 Å². The number of hydrogen-bond donors (Lipinski definition) is 3. The van der Waals surface area contributed by atoms with E-state index in [0.29, 0.717) is 67.0 Å². The van der Waals surface area contributed by atoms with E-state index in [2.05, 4.69) is 171 Å². The van der Waals surface area contributed by atoms with Gasteiger partial charge < -0.3 is 35.0 Å². The Bertz CT molecular complexity index is 1800. The van der Waals surface area contributed by atoms with Crippen molar-refractivity contribution in [2.75, 3.05) is 52.5 Å². The molecule has 80 heavy (non-hydrogen) atoms. The standard InChI is InChI=1S/C18H35NO2.2C17H33NO2.C17H33NO/c1-16(2,3)11-9-8-10-14(17(4,5)6)15(20)19-12-18(7,21)13-19;1-16(2,3)10-8-7-9-14(17(4,5)6)15(19)18-13-11-20-12-13;1-16(2,3)10-8-7-9-14(17(4,5)6)15(20)18-11-13(19)12-18;1-16(2,3)11-8-7-10-14(17(4,5)6)15(19)18-12-9-13-18/h14,21H,8-13H2,1-7H3;13-14H,7-12H2,1-6H3,(H,18,19);13-14,19H,7-12H2,1-6H3;14H,7-13H2,1-6H3. The monoisotopic (exact) mass is 1130 g/mol. The van der Waals surface area contributed by atoms with Crippen molar-refractivity contribution in [3.8, 4) is 0 Å². The van der Waals surface area contributed by atoms with Gasteiger partial charge in [0.15, 0.2) is 0 Å². The Balaban J connectivity index is 0.000000534. The van der Waals surface area contributed by atoms with Gasteiger partial charge in [-0.25, -0.2) is 0 Å². The van der Waals surface area contributed by atoms with E-state index in [4.69, 9.17) is 4.74 Å². The van der Waals surface area contributed by atoms with Gasteiger partial charge in [-0.3, -0.25) is 19.2 Å². The topological polar surface area (TPSA) is 140 Å². The molecule has 0 spiro atoms. The molecular weight excluding hydrogens is 997 g/mol. The molecule has 4 aliphatic rings. The van der Waals surface area contributed by atoms with Gasteiger partial charge in [0.1, 0.15) is 0 Å². The summed E-state index contributed by atoms with van der Waals surface area (Å²) in [4.78, 5) is 55.8. The molecule has 4 fully saturated rings. The summed E-state index contributed by atoms with van der Waals surface area (Å²) >= 11 is 0. The highest BCUT2D eigenvalue weighted by Crippen LogP contribution is 2.38. The van der Waals surface area contributed by atoms with Crippen LogP contribution in [0.15, 0.2) is 0 Å². The van der Waals surface area contributed by atoms with Gasteiger partial charge in [-0.1, -0.05) is 218 Å². The highest BCUT2D eigenvalue weighted by atomic mass is 16.5. The number of β-amino-alcohol motifs (C(OH)–C–C–N with tert-alkyl or cyclic N) is 2. The van der Waals surface area contributed by atoms with Gasteiger partial charge in [-0.2, -0.15) is 0 Å². The average molecular weight is 1130 g/mol. The molecule has 11 nitrogen and oxygen atoms in total. The maximum atomic E-state index is 12.7. The summed E-state index contributed by atoms with van der Waals surface area (Å²) in [5.74, 6) is 1.51. The minimum Gasteiger partial charge on any atom is -0.389 e. The molecule has 0 aliphatic carbocycles. The molecule has 4 atom stereocenters. The number of nitrogens with one attached hydrogen (secondary N) is 1. The molecular formula is C69H134N4O7. The Morgan fingerprint density at radius 2 is 0.750 bits per heavy atom. The van der Waals surface area contributed by atoms with E-state index in [1.54, 1.807) is 6.92 Å². The van der Waals surface area contributed by atoms with Crippen LogP contribution in [0.4, 0.5) is 0 Å². The smallest absolute Gasteiger partial charge is 0.226 e. The summed E-state index contributed by atoms with van der Waals surface area (Å²) in [6.07, 6.45) is 19.1. The lowest BCUT2D eigenvalue weighted by molar-refractivity contribution is -0.160. The van der Waals surface area contributed by atoms with E-state index in [0.717, 1.165) is 58.0 Å². The van der Waals surface area contributed by atoms with Crippen molar-refractivity contribution in [3.63, 3.8) is 0 Å². The molecule has 4 amide bonds. The Kier molecular flexibility index (Phi) is 30.1. The second-order valence-electron chi connectivity index (χ2n) is 34.9. The van der Waals surface area contributed by atoms with E-state index in [9.17, 15) is 29.4 Å². The molecule has 4 unspecified atom stereocenters. The predicted octanol–water partition coefficient (Wildman–Crippen LogP) is 15.6. The predicted molar refractivity (Wildman–Crippen MR) is 337 cm³/mol. The summed E-state index contributed by atoms with van der Waals surface area (Å²) in [6.45, 7) is 60.4. The third-order valence-corrected chi connectivity index (χ3v) is 16.8. The number of ether oxygens (including phenoxy) is 1. The van der Waals surface area contributed by atoms with Crippen molar-refractivity contribution < 1.29 is 34.1 Å². The molecule has 0 radical (unpaired) electrons. The van der Waals surface area contributed by atoms with Crippen LogP contribution in [0.2, 0.25) is 0 Å². The highest BCUT2D eigenvalue weighted by molar-refractivity contribution is 5.82. The summed E-state index contributed by atoms with van der Waals surface area (Å²) in [5, 5.41) is 22.3. The van der Waals surface area contributed by atoms with E-state index < -0.39 is 5.60 Å². The first kappa shape index (κ1) is 75.8. The lowest BCUT2D eigenvalue weighted by Crippen LogP contribution is -2.63. The van der Waals surface area contributed by atoms with Gasteiger partial charge in [-0.05, 0) is 108 Å². The number of likely N-dealkylation sites (tertiary alicyclic amines) is 3. The van der Waals surface area contributed by atoms with E-state index >= 15 is 0 Å². The number of nitrogens with zero attached hydrogens (tertiary/aromatic N) is 3. The van der Waals surface area contributed by atoms with Crippen LogP contribution in [-0.2, 0) is 23.9 Å². The van der Waals surface area contributed by atoms with E-state index in [-0.39, 0.29) is 75.2 Å². The van der Waals surface area contributed by atoms with Crippen LogP contribution in [0, 0.1) is 67.0 Å². The van der Waals surface area contributed by atoms with Crippen LogP contribution >= 0.6 is 0 Å². The molecule has 0 aromatic carbocycles. The molecule has 0 saturated carbocycles. The molecule has 4 rings (SSSR count). The van der Waals surface area contributed by atoms with Crippen molar-refractivity contribution >= 4 is 23.6 Å². The number of aliphatic hydroxyl groups is 2. The normalized spacial score (nSPS) is 18.9. The van der Waals surface area contributed by atoms with Crippen molar-refractivity contribution in [2.45, 2.75) is 300 Å². The SMILES string of the molecule is CC(C)(C)CCCCC(C(=O)N1CC(C)(O)C1)C(C)(C)C.CC(C)(C)CCCCC(C(=O)N1CC(O)C1)C(C)(C)C.CC(C)(C)CCCCC(C(=O)N1CCC1)C(C)(C)C.CC(C)(C)CCCCC(C(=O)NC1COC1)C(C)(C)C. The fraction of sp³-hybridized carbons (Fsp3) is 0.942. The third kappa shape index (κ3) is 31.6. The van der Waals surface area contributed by atoms with Crippen LogP contribution in [-0.4, -0.2) is 119 Å². The maximum Gasteiger partial charge on any atom is 0.226 e. The molecule has 4 saturated heterocycles. The maximum absolute atomic E-state index is 12.7. The van der Waals surface area contributed by atoms with E-state index in [1.807, 2.05) is 14.7 Å². The zero-order valence-electron chi connectivity index (χ0n) is 57.4. The fourth-order valence-corrected chi connectivity index (χ4v) is 11.1. The van der Waals surface area contributed by atoms with Crippen LogP contribution in [0.1, 0.15) is 282 Å². The Morgan fingerprint density at radius 3 is 0.975 bits per heavy atom. The van der Waals surface area contributed by atoms with Crippen molar-refractivity contribution in [3.05, 3.63) is 0 Å². The van der Waals surface area contributed by atoms with Gasteiger partial charge in [0.05, 0.1) is 44.1 Å². The fourth-order valence-electron chi connectivity index (χ4n) is 11.1.